The van der Waals surface area contributed by atoms with E-state index in [1.54, 1.807) is 0 Å². The Morgan fingerprint density at radius 3 is 2.88 bits per heavy atom. The zero-order valence-electron chi connectivity index (χ0n) is 10.1. The van der Waals surface area contributed by atoms with E-state index >= 15 is 0 Å². The summed E-state index contributed by atoms with van der Waals surface area (Å²) in [4.78, 5) is 4.47. The maximum atomic E-state index is 4.47. The molecule has 0 aliphatic heterocycles. The predicted octanol–water partition coefficient (Wildman–Crippen LogP) is 3.06. The summed E-state index contributed by atoms with van der Waals surface area (Å²) >= 11 is 0. The van der Waals surface area contributed by atoms with Gasteiger partial charge in [-0.15, -0.1) is 0 Å². The zero-order valence-corrected chi connectivity index (χ0v) is 10.1. The molecule has 0 unspecified atom stereocenters. The van der Waals surface area contributed by atoms with Crippen LogP contribution in [0.3, 0.4) is 0 Å². The summed E-state index contributed by atoms with van der Waals surface area (Å²) in [7, 11) is 2.07. The number of fused-ring (bicyclic) bond motifs is 1. The lowest BCUT2D eigenvalue weighted by Gasteiger charge is -2.02. The van der Waals surface area contributed by atoms with E-state index < -0.39 is 0 Å². The van der Waals surface area contributed by atoms with Crippen molar-refractivity contribution in [3.8, 4) is 11.4 Å². The van der Waals surface area contributed by atoms with Crippen LogP contribution in [0.1, 0.15) is 6.92 Å². The molecule has 0 aliphatic rings. The minimum absolute atomic E-state index is 0.943. The second-order valence-electron chi connectivity index (χ2n) is 4.21. The van der Waals surface area contributed by atoms with Crippen LogP contribution in [-0.2, 0) is 13.6 Å². The van der Waals surface area contributed by atoms with Gasteiger partial charge in [-0.25, -0.2) is 4.98 Å². The second kappa shape index (κ2) is 3.77. The van der Waals surface area contributed by atoms with Crippen LogP contribution in [0.15, 0.2) is 42.9 Å². The largest absolute Gasteiger partial charge is 0.350 e. The van der Waals surface area contributed by atoms with Crippen molar-refractivity contribution in [3.63, 3.8) is 0 Å². The number of benzene rings is 1. The first-order valence-electron chi connectivity index (χ1n) is 5.87. The highest BCUT2D eigenvalue weighted by Crippen LogP contribution is 2.28. The number of aromatic nitrogens is 3. The van der Waals surface area contributed by atoms with Crippen LogP contribution >= 0.6 is 0 Å². The highest BCUT2D eigenvalue weighted by molar-refractivity contribution is 5.94. The Balaban J connectivity index is 2.31. The molecule has 0 fully saturated rings. The summed E-state index contributed by atoms with van der Waals surface area (Å²) in [6.45, 7) is 3.08. The molecule has 86 valence electrons. The molecule has 3 aromatic rings. The van der Waals surface area contributed by atoms with E-state index in [2.05, 4.69) is 58.6 Å². The van der Waals surface area contributed by atoms with Crippen molar-refractivity contribution in [1.82, 2.24) is 14.1 Å². The lowest BCUT2D eigenvalue weighted by molar-refractivity contribution is 0.771. The summed E-state index contributed by atoms with van der Waals surface area (Å²) in [6.07, 6.45) is 6.04. The molecular weight excluding hydrogens is 210 g/mol. The van der Waals surface area contributed by atoms with Crippen molar-refractivity contribution in [1.29, 1.82) is 0 Å². The van der Waals surface area contributed by atoms with E-state index in [0.29, 0.717) is 0 Å². The lowest BCUT2D eigenvalue weighted by Crippen LogP contribution is -1.95. The number of imidazole rings is 1. The Morgan fingerprint density at radius 1 is 1.24 bits per heavy atom. The molecule has 0 radical (unpaired) electrons. The number of nitrogens with zero attached hydrogens (tertiary/aromatic N) is 3. The summed E-state index contributed by atoms with van der Waals surface area (Å²) in [6, 6.07) is 8.43. The molecule has 2 aromatic heterocycles. The number of para-hydroxylation sites is 1. The molecule has 3 nitrogen and oxygen atoms in total. The quantitative estimate of drug-likeness (QED) is 0.657. The summed E-state index contributed by atoms with van der Waals surface area (Å²) in [5.41, 5.74) is 2.45. The molecule has 0 aliphatic carbocycles. The lowest BCUT2D eigenvalue weighted by atomic mass is 10.1. The molecule has 3 rings (SSSR count). The molecule has 0 amide bonds. The van der Waals surface area contributed by atoms with Crippen molar-refractivity contribution >= 4 is 10.9 Å². The Labute approximate surface area is 100 Å². The molecule has 3 heteroatoms. The zero-order chi connectivity index (χ0) is 11.8. The second-order valence-corrected chi connectivity index (χ2v) is 4.21. The predicted molar refractivity (Wildman–Crippen MR) is 69.8 cm³/mol. The van der Waals surface area contributed by atoms with Gasteiger partial charge in [-0.2, -0.15) is 0 Å². The summed E-state index contributed by atoms with van der Waals surface area (Å²) in [5.74, 6) is 1.05. The number of rotatable bonds is 2. The van der Waals surface area contributed by atoms with Crippen molar-refractivity contribution in [2.75, 3.05) is 0 Å². The van der Waals surface area contributed by atoms with Gasteiger partial charge in [0.05, 0.1) is 0 Å². The minimum Gasteiger partial charge on any atom is -0.350 e. The first-order valence-corrected chi connectivity index (χ1v) is 5.87. The maximum absolute atomic E-state index is 4.47. The van der Waals surface area contributed by atoms with Gasteiger partial charge in [-0.05, 0) is 13.0 Å². The Morgan fingerprint density at radius 2 is 2.06 bits per heavy atom. The molecule has 0 bridgehead atoms. The molecule has 0 atom stereocenters. The Bertz CT molecular complexity index is 661. The van der Waals surface area contributed by atoms with E-state index in [1.807, 2.05) is 12.4 Å². The van der Waals surface area contributed by atoms with Crippen LogP contribution in [0.5, 0.6) is 0 Å². The fourth-order valence-corrected chi connectivity index (χ4v) is 2.33. The molecule has 0 spiro atoms. The van der Waals surface area contributed by atoms with E-state index in [4.69, 9.17) is 0 Å². The third kappa shape index (κ3) is 1.46. The van der Waals surface area contributed by atoms with Gasteiger partial charge in [-0.1, -0.05) is 18.2 Å². The van der Waals surface area contributed by atoms with Crippen LogP contribution in [0, 0.1) is 0 Å². The third-order valence-corrected chi connectivity index (χ3v) is 3.19. The topological polar surface area (TPSA) is 22.8 Å². The third-order valence-electron chi connectivity index (χ3n) is 3.19. The molecule has 0 saturated carbocycles. The van der Waals surface area contributed by atoms with Crippen LogP contribution in [0.4, 0.5) is 0 Å². The maximum Gasteiger partial charge on any atom is 0.142 e. The van der Waals surface area contributed by atoms with Gasteiger partial charge in [0.1, 0.15) is 5.82 Å². The highest BCUT2D eigenvalue weighted by Gasteiger charge is 2.11. The summed E-state index contributed by atoms with van der Waals surface area (Å²) in [5, 5.41) is 1.26. The normalized spacial score (nSPS) is 11.2. The molecule has 1 aromatic carbocycles. The van der Waals surface area contributed by atoms with Crippen LogP contribution < -0.4 is 0 Å². The van der Waals surface area contributed by atoms with Gasteiger partial charge < -0.3 is 9.13 Å². The van der Waals surface area contributed by atoms with E-state index in [9.17, 15) is 0 Å². The Hall–Kier alpha value is -2.03. The van der Waals surface area contributed by atoms with Crippen molar-refractivity contribution in [2.24, 2.45) is 7.05 Å². The van der Waals surface area contributed by atoms with E-state index in [1.165, 1.54) is 16.5 Å². The molecule has 17 heavy (non-hydrogen) atoms. The van der Waals surface area contributed by atoms with Crippen LogP contribution in [0.2, 0.25) is 0 Å². The fourth-order valence-electron chi connectivity index (χ4n) is 2.33. The van der Waals surface area contributed by atoms with Crippen molar-refractivity contribution < 1.29 is 0 Å². The number of aryl methyl sites for hydroxylation is 2. The van der Waals surface area contributed by atoms with Gasteiger partial charge in [0.15, 0.2) is 0 Å². The number of hydrogen-bond acceptors (Lipinski definition) is 1. The number of hydrogen-bond donors (Lipinski definition) is 0. The Kier molecular flexibility index (Phi) is 2.25. The van der Waals surface area contributed by atoms with Gasteiger partial charge in [-0.3, -0.25) is 0 Å². The van der Waals surface area contributed by atoms with Gasteiger partial charge in [0.25, 0.3) is 0 Å². The average Bonchev–Trinajstić information content (AvgIpc) is 2.94. The van der Waals surface area contributed by atoms with Gasteiger partial charge in [0.2, 0.25) is 0 Å². The molecule has 0 saturated heterocycles. The van der Waals surface area contributed by atoms with Gasteiger partial charge >= 0.3 is 0 Å². The first kappa shape index (κ1) is 10.1. The molecular formula is C14H15N3. The molecule has 0 N–H and O–H groups in total. The van der Waals surface area contributed by atoms with E-state index in [-0.39, 0.29) is 0 Å². The average molecular weight is 225 g/mol. The molecule has 2 heterocycles. The first-order chi connectivity index (χ1) is 8.31. The van der Waals surface area contributed by atoms with Crippen molar-refractivity contribution in [2.45, 2.75) is 13.5 Å². The van der Waals surface area contributed by atoms with Gasteiger partial charge in [0, 0.05) is 48.6 Å². The van der Waals surface area contributed by atoms with Crippen LogP contribution in [0.25, 0.3) is 22.3 Å². The summed E-state index contributed by atoms with van der Waals surface area (Å²) < 4.78 is 4.32. The fraction of sp³-hybridized carbons (Fsp3) is 0.214. The van der Waals surface area contributed by atoms with Crippen molar-refractivity contribution in [3.05, 3.63) is 42.9 Å². The van der Waals surface area contributed by atoms with Crippen LogP contribution in [-0.4, -0.2) is 14.1 Å². The monoisotopic (exact) mass is 225 g/mol. The standard InChI is InChI=1S/C14H15N3/c1-3-17-9-8-15-14(17)12-10-16(2)13-7-5-4-6-11(12)13/h4-10H,3H2,1-2H3. The van der Waals surface area contributed by atoms with E-state index in [0.717, 1.165) is 12.4 Å². The SMILES string of the molecule is CCn1ccnc1-c1cn(C)c2ccccc12. The smallest absolute Gasteiger partial charge is 0.142 e. The minimum atomic E-state index is 0.943. The highest BCUT2D eigenvalue weighted by atomic mass is 15.1.